The molecule has 0 radical (unpaired) electrons. The summed E-state index contributed by atoms with van der Waals surface area (Å²) in [5.74, 6) is 2.11. The number of amides is 1. The molecule has 148 valence electrons. The Balaban J connectivity index is 1.57. The second kappa shape index (κ2) is 7.62. The van der Waals surface area contributed by atoms with Crippen LogP contribution in [0.5, 0.6) is 0 Å². The van der Waals surface area contributed by atoms with Crippen LogP contribution in [0.1, 0.15) is 44.2 Å². The highest BCUT2D eigenvalue weighted by Crippen LogP contribution is 2.32. The highest BCUT2D eigenvalue weighted by Gasteiger charge is 2.41. The summed E-state index contributed by atoms with van der Waals surface area (Å²) in [6.07, 6.45) is 6.28. The van der Waals surface area contributed by atoms with Gasteiger partial charge in [0.1, 0.15) is 5.82 Å². The van der Waals surface area contributed by atoms with Crippen molar-refractivity contribution in [2.75, 3.05) is 56.1 Å². The van der Waals surface area contributed by atoms with E-state index < -0.39 is 0 Å². The first-order chi connectivity index (χ1) is 13.1. The minimum atomic E-state index is 0.0432. The average molecular weight is 373 g/mol. The number of hydrogen-bond acceptors (Lipinski definition) is 6. The van der Waals surface area contributed by atoms with Gasteiger partial charge in [0.05, 0.1) is 0 Å². The monoisotopic (exact) mass is 372 g/mol. The molecule has 0 aromatic carbocycles. The Morgan fingerprint density at radius 1 is 1.04 bits per heavy atom. The van der Waals surface area contributed by atoms with Gasteiger partial charge in [0, 0.05) is 63.0 Å². The molecule has 27 heavy (non-hydrogen) atoms. The first-order valence-electron chi connectivity index (χ1n) is 10.4. The molecule has 0 bridgehead atoms. The van der Waals surface area contributed by atoms with Gasteiger partial charge in [-0.1, -0.05) is 0 Å². The number of piperazine rings is 1. The van der Waals surface area contributed by atoms with Crippen molar-refractivity contribution in [3.8, 4) is 0 Å². The third-order valence-corrected chi connectivity index (χ3v) is 6.52. The lowest BCUT2D eigenvalue weighted by Gasteiger charge is -2.49. The van der Waals surface area contributed by atoms with Crippen LogP contribution in [0.15, 0.2) is 6.07 Å². The lowest BCUT2D eigenvalue weighted by atomic mass is 9.86. The Morgan fingerprint density at radius 2 is 1.85 bits per heavy atom. The van der Waals surface area contributed by atoms with E-state index in [2.05, 4.69) is 40.1 Å². The van der Waals surface area contributed by atoms with Crippen molar-refractivity contribution >= 4 is 17.7 Å². The zero-order valence-electron chi connectivity index (χ0n) is 16.7. The van der Waals surface area contributed by atoms with E-state index in [-0.39, 0.29) is 11.4 Å². The van der Waals surface area contributed by atoms with E-state index in [0.29, 0.717) is 6.42 Å². The Kier molecular flexibility index (Phi) is 5.21. The number of carbonyl (C=O) groups excluding carboxylic acids is 1. The number of piperidine rings is 1. The molecular formula is C20H32N6O. The van der Waals surface area contributed by atoms with Crippen molar-refractivity contribution in [1.29, 1.82) is 0 Å². The van der Waals surface area contributed by atoms with Gasteiger partial charge < -0.3 is 15.1 Å². The van der Waals surface area contributed by atoms with Crippen molar-refractivity contribution in [1.82, 2.24) is 20.2 Å². The molecule has 1 aromatic heterocycles. The maximum absolute atomic E-state index is 11.9. The van der Waals surface area contributed by atoms with Gasteiger partial charge in [-0.15, -0.1) is 0 Å². The number of rotatable bonds is 2. The molecule has 7 heteroatoms. The quantitative estimate of drug-likeness (QED) is 0.850. The predicted octanol–water partition coefficient (Wildman–Crippen LogP) is 1.57. The number of aryl methyl sites for hydroxylation is 1. The number of nitrogens with zero attached hydrogens (tertiary/aromatic N) is 5. The Hall–Kier alpha value is -1.89. The van der Waals surface area contributed by atoms with Gasteiger partial charge in [0.25, 0.3) is 0 Å². The van der Waals surface area contributed by atoms with Gasteiger partial charge in [-0.3, -0.25) is 9.69 Å². The Morgan fingerprint density at radius 3 is 2.67 bits per heavy atom. The summed E-state index contributed by atoms with van der Waals surface area (Å²) >= 11 is 0. The molecule has 4 heterocycles. The molecule has 1 N–H and O–H groups in total. The third kappa shape index (κ3) is 3.88. The van der Waals surface area contributed by atoms with Crippen LogP contribution >= 0.6 is 0 Å². The summed E-state index contributed by atoms with van der Waals surface area (Å²) in [7, 11) is 2.21. The Labute approximate surface area is 162 Å². The van der Waals surface area contributed by atoms with Crippen molar-refractivity contribution in [3.05, 3.63) is 11.8 Å². The first kappa shape index (κ1) is 18.5. The molecule has 0 aliphatic carbocycles. The summed E-state index contributed by atoms with van der Waals surface area (Å²) in [6.45, 7) is 7.84. The van der Waals surface area contributed by atoms with Gasteiger partial charge in [0.15, 0.2) is 0 Å². The minimum absolute atomic E-state index is 0.0432. The standard InChI is InChI=1S/C20H32N6O/c1-16-14-17(23-19(22-16)25-10-4-3-5-11-25)26-13-12-24(2)20(15-26)7-6-18(27)21-9-8-20/h14H,3-13,15H2,1-2H3,(H,21,27)/t20-/m1/s1. The van der Waals surface area contributed by atoms with Crippen LogP contribution in [0.4, 0.5) is 11.8 Å². The zero-order valence-corrected chi connectivity index (χ0v) is 16.7. The Bertz CT molecular complexity index is 689. The minimum Gasteiger partial charge on any atom is -0.356 e. The highest BCUT2D eigenvalue weighted by atomic mass is 16.1. The second-order valence-corrected chi connectivity index (χ2v) is 8.38. The lowest BCUT2D eigenvalue weighted by Crippen LogP contribution is -2.61. The first-order valence-corrected chi connectivity index (χ1v) is 10.4. The van der Waals surface area contributed by atoms with E-state index in [1.165, 1.54) is 19.3 Å². The fourth-order valence-corrected chi connectivity index (χ4v) is 4.73. The molecule has 0 unspecified atom stereocenters. The van der Waals surface area contributed by atoms with E-state index in [4.69, 9.17) is 9.97 Å². The number of likely N-dealkylation sites (N-methyl/N-ethyl adjacent to an activating group) is 1. The smallest absolute Gasteiger partial charge is 0.227 e. The van der Waals surface area contributed by atoms with Gasteiger partial charge in [0.2, 0.25) is 11.9 Å². The van der Waals surface area contributed by atoms with Crippen LogP contribution in [0.3, 0.4) is 0 Å². The topological polar surface area (TPSA) is 64.6 Å². The lowest BCUT2D eigenvalue weighted by molar-refractivity contribution is -0.120. The maximum Gasteiger partial charge on any atom is 0.227 e. The van der Waals surface area contributed by atoms with Crippen LogP contribution in [-0.4, -0.2) is 72.6 Å². The van der Waals surface area contributed by atoms with Crippen LogP contribution in [-0.2, 0) is 4.79 Å². The molecule has 1 spiro atoms. The zero-order chi connectivity index (χ0) is 18.9. The number of aromatic nitrogens is 2. The largest absolute Gasteiger partial charge is 0.356 e. The molecule has 3 fully saturated rings. The summed E-state index contributed by atoms with van der Waals surface area (Å²) in [5.41, 5.74) is 1.08. The van der Waals surface area contributed by atoms with Crippen LogP contribution in [0.2, 0.25) is 0 Å². The van der Waals surface area contributed by atoms with E-state index in [1.54, 1.807) is 0 Å². The molecule has 3 aliphatic heterocycles. The number of anilines is 2. The van der Waals surface area contributed by atoms with Crippen molar-refractivity contribution < 1.29 is 4.79 Å². The van der Waals surface area contributed by atoms with E-state index in [1.807, 2.05) is 0 Å². The molecule has 3 aliphatic rings. The molecule has 4 rings (SSSR count). The van der Waals surface area contributed by atoms with Gasteiger partial charge >= 0.3 is 0 Å². The van der Waals surface area contributed by atoms with E-state index in [9.17, 15) is 4.79 Å². The number of carbonyl (C=O) groups is 1. The third-order valence-electron chi connectivity index (χ3n) is 6.52. The highest BCUT2D eigenvalue weighted by molar-refractivity contribution is 5.76. The fourth-order valence-electron chi connectivity index (χ4n) is 4.73. The normalized spacial score (nSPS) is 27.6. The fraction of sp³-hybridized carbons (Fsp3) is 0.750. The number of hydrogen-bond donors (Lipinski definition) is 1. The summed E-state index contributed by atoms with van der Waals surface area (Å²) in [6, 6.07) is 2.12. The number of nitrogens with one attached hydrogen (secondary N) is 1. The molecule has 7 nitrogen and oxygen atoms in total. The second-order valence-electron chi connectivity index (χ2n) is 8.38. The summed E-state index contributed by atoms with van der Waals surface area (Å²) in [4.78, 5) is 28.8. The van der Waals surface area contributed by atoms with E-state index in [0.717, 1.165) is 69.6 Å². The maximum atomic E-state index is 11.9. The van der Waals surface area contributed by atoms with Crippen molar-refractivity contribution in [2.24, 2.45) is 0 Å². The summed E-state index contributed by atoms with van der Waals surface area (Å²) in [5, 5.41) is 3.04. The van der Waals surface area contributed by atoms with Gasteiger partial charge in [-0.2, -0.15) is 4.98 Å². The molecule has 1 atom stereocenters. The SMILES string of the molecule is Cc1cc(N2CCN(C)[C@]3(CCNC(=O)CC3)C2)nc(N2CCCCC2)n1. The van der Waals surface area contributed by atoms with E-state index >= 15 is 0 Å². The van der Waals surface area contributed by atoms with Crippen molar-refractivity contribution in [2.45, 2.75) is 51.0 Å². The predicted molar refractivity (Wildman–Crippen MR) is 107 cm³/mol. The molecular weight excluding hydrogens is 340 g/mol. The molecule has 3 saturated heterocycles. The van der Waals surface area contributed by atoms with Crippen LogP contribution < -0.4 is 15.1 Å². The molecule has 1 aromatic rings. The van der Waals surface area contributed by atoms with Gasteiger partial charge in [-0.05, 0) is 46.1 Å². The summed E-state index contributed by atoms with van der Waals surface area (Å²) < 4.78 is 0. The van der Waals surface area contributed by atoms with Crippen LogP contribution in [0, 0.1) is 6.92 Å². The average Bonchev–Trinajstić information content (AvgIpc) is 2.86. The van der Waals surface area contributed by atoms with Gasteiger partial charge in [-0.25, -0.2) is 4.98 Å². The molecule has 1 amide bonds. The van der Waals surface area contributed by atoms with Crippen LogP contribution in [0.25, 0.3) is 0 Å². The van der Waals surface area contributed by atoms with Crippen molar-refractivity contribution in [3.63, 3.8) is 0 Å². The molecule has 0 saturated carbocycles.